The Morgan fingerprint density at radius 2 is 1.90 bits per heavy atom. The largest absolute Gasteiger partial charge is 0.422 e. The number of thiophene rings is 1. The molecule has 3 rings (SSSR count). The van der Waals surface area contributed by atoms with Gasteiger partial charge in [-0.1, -0.05) is 36.4 Å². The lowest BCUT2D eigenvalue weighted by molar-refractivity contribution is -0.123. The molecule has 0 radical (unpaired) electrons. The maximum atomic E-state index is 12.2. The summed E-state index contributed by atoms with van der Waals surface area (Å²) in [7, 11) is 0. The molecule has 0 atom stereocenters. The van der Waals surface area contributed by atoms with Crippen molar-refractivity contribution in [1.82, 2.24) is 4.90 Å². The van der Waals surface area contributed by atoms with Gasteiger partial charge in [-0.05, 0) is 23.1 Å². The molecule has 0 saturated carbocycles. The Morgan fingerprint density at radius 3 is 2.60 bits per heavy atom. The third kappa shape index (κ3) is 2.48. The molecule has 0 spiro atoms. The Hall–Kier alpha value is -2.40. The van der Waals surface area contributed by atoms with Crippen LogP contribution in [0.25, 0.3) is 6.08 Å². The van der Waals surface area contributed by atoms with E-state index < -0.39 is 12.0 Å². The van der Waals surface area contributed by atoms with Crippen LogP contribution in [-0.2, 0) is 16.1 Å². The van der Waals surface area contributed by atoms with Gasteiger partial charge in [0.25, 0.3) is 5.91 Å². The molecule has 4 nitrogen and oxygen atoms in total. The maximum Gasteiger partial charge on any atom is 0.422 e. The summed E-state index contributed by atoms with van der Waals surface area (Å²) in [5.41, 5.74) is 0.821. The predicted molar refractivity (Wildman–Crippen MR) is 75.8 cm³/mol. The summed E-state index contributed by atoms with van der Waals surface area (Å²) in [5, 5.41) is 1.90. The van der Waals surface area contributed by atoms with Crippen LogP contribution in [-0.4, -0.2) is 16.9 Å². The average molecular weight is 285 g/mol. The summed E-state index contributed by atoms with van der Waals surface area (Å²) in [5.74, 6) is -0.329. The average Bonchev–Trinajstić information content (AvgIpc) is 3.05. The summed E-state index contributed by atoms with van der Waals surface area (Å²) in [4.78, 5) is 26.0. The Bertz CT molecular complexity index is 662. The van der Waals surface area contributed by atoms with Crippen LogP contribution in [0.2, 0.25) is 0 Å². The van der Waals surface area contributed by atoms with Gasteiger partial charge in [-0.25, -0.2) is 9.69 Å². The van der Waals surface area contributed by atoms with E-state index in [1.54, 1.807) is 6.08 Å². The fourth-order valence-electron chi connectivity index (χ4n) is 1.90. The van der Waals surface area contributed by atoms with Gasteiger partial charge in [0.15, 0.2) is 5.76 Å². The summed E-state index contributed by atoms with van der Waals surface area (Å²) < 4.78 is 5.04. The van der Waals surface area contributed by atoms with Gasteiger partial charge < -0.3 is 4.74 Å². The van der Waals surface area contributed by atoms with Crippen LogP contribution in [0, 0.1) is 0 Å². The zero-order valence-electron chi connectivity index (χ0n) is 10.5. The first-order valence-electron chi connectivity index (χ1n) is 6.07. The number of rotatable bonds is 3. The van der Waals surface area contributed by atoms with E-state index in [1.165, 1.54) is 11.3 Å². The van der Waals surface area contributed by atoms with E-state index in [2.05, 4.69) is 0 Å². The number of benzene rings is 1. The highest BCUT2D eigenvalue weighted by molar-refractivity contribution is 7.09. The highest BCUT2D eigenvalue weighted by Crippen LogP contribution is 2.23. The van der Waals surface area contributed by atoms with Crippen molar-refractivity contribution in [3.05, 3.63) is 64.0 Å². The molecule has 20 heavy (non-hydrogen) atoms. The lowest BCUT2D eigenvalue weighted by atomic mass is 10.2. The molecular formula is C15H11NO3S. The van der Waals surface area contributed by atoms with E-state index in [-0.39, 0.29) is 12.3 Å². The van der Waals surface area contributed by atoms with E-state index in [0.717, 1.165) is 15.3 Å². The molecule has 0 unspecified atom stereocenters. The van der Waals surface area contributed by atoms with Gasteiger partial charge >= 0.3 is 6.09 Å². The number of cyclic esters (lactones) is 1. The zero-order chi connectivity index (χ0) is 13.9. The van der Waals surface area contributed by atoms with Gasteiger partial charge in [-0.2, -0.15) is 0 Å². The first-order chi connectivity index (χ1) is 9.74. The lowest BCUT2D eigenvalue weighted by Gasteiger charge is -2.07. The summed E-state index contributed by atoms with van der Waals surface area (Å²) in [6.45, 7) is 0.251. The van der Waals surface area contributed by atoms with Gasteiger partial charge in [0, 0.05) is 4.88 Å². The van der Waals surface area contributed by atoms with Gasteiger partial charge in [0.2, 0.25) is 0 Å². The van der Waals surface area contributed by atoms with Crippen LogP contribution in [0.3, 0.4) is 0 Å². The minimum absolute atomic E-state index is 0.0674. The van der Waals surface area contributed by atoms with Crippen LogP contribution in [0.1, 0.15) is 10.4 Å². The van der Waals surface area contributed by atoms with Gasteiger partial charge in [0.1, 0.15) is 0 Å². The van der Waals surface area contributed by atoms with Crippen molar-refractivity contribution in [2.45, 2.75) is 6.54 Å². The second-order valence-electron chi connectivity index (χ2n) is 4.26. The smallest absolute Gasteiger partial charge is 0.404 e. The molecule has 1 fully saturated rings. The zero-order valence-corrected chi connectivity index (χ0v) is 11.3. The van der Waals surface area contributed by atoms with Crippen LogP contribution >= 0.6 is 11.3 Å². The van der Waals surface area contributed by atoms with Crippen molar-refractivity contribution in [1.29, 1.82) is 0 Å². The van der Waals surface area contributed by atoms with Gasteiger partial charge in [0.05, 0.1) is 6.54 Å². The number of hydrogen-bond acceptors (Lipinski definition) is 4. The minimum atomic E-state index is -0.620. The fraction of sp³-hybridized carbons (Fsp3) is 0.0667. The number of imide groups is 1. The van der Waals surface area contributed by atoms with Gasteiger partial charge in [-0.3, -0.25) is 4.79 Å². The van der Waals surface area contributed by atoms with Gasteiger partial charge in [-0.15, -0.1) is 11.3 Å². The monoisotopic (exact) mass is 285 g/mol. The third-order valence-electron chi connectivity index (χ3n) is 2.86. The topological polar surface area (TPSA) is 46.6 Å². The lowest BCUT2D eigenvalue weighted by Crippen LogP contribution is -2.27. The highest BCUT2D eigenvalue weighted by atomic mass is 32.1. The minimum Gasteiger partial charge on any atom is -0.404 e. The quantitative estimate of drug-likeness (QED) is 0.813. The van der Waals surface area contributed by atoms with E-state index in [0.29, 0.717) is 0 Å². The number of nitrogens with zero attached hydrogens (tertiary/aromatic N) is 1. The number of carbonyl (C=O) groups excluding carboxylic acids is 2. The molecule has 1 aromatic heterocycles. The molecule has 2 amide bonds. The van der Waals surface area contributed by atoms with E-state index in [4.69, 9.17) is 4.74 Å². The fourth-order valence-corrected chi connectivity index (χ4v) is 2.59. The van der Waals surface area contributed by atoms with Crippen LogP contribution in [0.15, 0.2) is 53.6 Å². The number of ether oxygens (including phenoxy) is 1. The second kappa shape index (κ2) is 5.30. The molecule has 5 heteroatoms. The van der Waals surface area contributed by atoms with E-state index in [1.807, 2.05) is 47.8 Å². The van der Waals surface area contributed by atoms with Crippen molar-refractivity contribution < 1.29 is 14.3 Å². The van der Waals surface area contributed by atoms with Crippen LogP contribution < -0.4 is 0 Å². The van der Waals surface area contributed by atoms with Crippen molar-refractivity contribution in [3.8, 4) is 0 Å². The molecule has 0 bridgehead atoms. The number of hydrogen-bond donors (Lipinski definition) is 0. The summed E-state index contributed by atoms with van der Waals surface area (Å²) >= 11 is 1.50. The standard InChI is InChI=1S/C15H11NO3S/c17-14-13(9-11-5-2-1-3-6-11)19-15(18)16(14)10-12-7-4-8-20-12/h1-9H,10H2/b13-9-. The summed E-state index contributed by atoms with van der Waals surface area (Å²) in [6, 6.07) is 13.0. The molecule has 0 aliphatic carbocycles. The Balaban J connectivity index is 1.82. The molecule has 0 N–H and O–H groups in total. The Kier molecular flexibility index (Phi) is 3.35. The van der Waals surface area contributed by atoms with Crippen molar-refractivity contribution >= 4 is 29.4 Å². The normalized spacial score (nSPS) is 16.8. The molecule has 2 heterocycles. The third-order valence-corrected chi connectivity index (χ3v) is 3.73. The first-order valence-corrected chi connectivity index (χ1v) is 6.95. The number of carbonyl (C=O) groups is 2. The number of amides is 2. The molecule has 1 aromatic carbocycles. The molecule has 1 aliphatic heterocycles. The first kappa shape index (κ1) is 12.6. The predicted octanol–water partition coefficient (Wildman–Crippen LogP) is 3.27. The van der Waals surface area contributed by atoms with Crippen LogP contribution in [0.4, 0.5) is 4.79 Å². The Morgan fingerprint density at radius 1 is 1.10 bits per heavy atom. The molecular weight excluding hydrogens is 274 g/mol. The highest BCUT2D eigenvalue weighted by Gasteiger charge is 2.36. The SMILES string of the molecule is O=C1O/C(=C\c2ccccc2)C(=O)N1Cc1cccs1. The molecule has 2 aromatic rings. The van der Waals surface area contributed by atoms with Crippen molar-refractivity contribution in [3.63, 3.8) is 0 Å². The second-order valence-corrected chi connectivity index (χ2v) is 5.29. The van der Waals surface area contributed by atoms with E-state index >= 15 is 0 Å². The Labute approximate surface area is 119 Å². The molecule has 1 aliphatic rings. The van der Waals surface area contributed by atoms with Crippen LogP contribution in [0.5, 0.6) is 0 Å². The molecule has 100 valence electrons. The molecule has 1 saturated heterocycles. The van der Waals surface area contributed by atoms with E-state index in [9.17, 15) is 9.59 Å². The van der Waals surface area contributed by atoms with Crippen molar-refractivity contribution in [2.24, 2.45) is 0 Å². The maximum absolute atomic E-state index is 12.2. The summed E-state index contributed by atoms with van der Waals surface area (Å²) in [6.07, 6.45) is 0.958. The van der Waals surface area contributed by atoms with Crippen molar-refractivity contribution in [2.75, 3.05) is 0 Å².